The summed E-state index contributed by atoms with van der Waals surface area (Å²) in [7, 11) is 0. The van der Waals surface area contributed by atoms with Crippen molar-refractivity contribution in [1.29, 1.82) is 0 Å². The molecule has 1 amide bonds. The number of nitrogens with zero attached hydrogens (tertiary/aromatic N) is 1. The van der Waals surface area contributed by atoms with E-state index in [1.807, 2.05) is 37.3 Å². The first-order chi connectivity index (χ1) is 11.2. The maximum absolute atomic E-state index is 11.9. The molecular weight excluding hydrogens is 296 g/mol. The second-order valence-corrected chi connectivity index (χ2v) is 5.58. The number of unbranched alkanes of at least 4 members (excludes halogenated alkanes) is 1. The third-order valence-electron chi connectivity index (χ3n) is 3.65. The number of nitrogens with one attached hydrogen (secondary N) is 1. The number of benzene rings is 1. The second-order valence-electron chi connectivity index (χ2n) is 5.58. The Morgan fingerprint density at radius 3 is 2.87 bits per heavy atom. The van der Waals surface area contributed by atoms with E-state index in [1.165, 1.54) is 5.06 Å². The van der Waals surface area contributed by atoms with Crippen molar-refractivity contribution < 1.29 is 19.2 Å². The Hall–Kier alpha value is -1.92. The second kappa shape index (κ2) is 9.27. The lowest BCUT2D eigenvalue weighted by atomic mass is 10.2. The van der Waals surface area contributed by atoms with Gasteiger partial charge in [0.15, 0.2) is 0 Å². The Labute approximate surface area is 136 Å². The number of hydroxylamine groups is 2. The monoisotopic (exact) mass is 320 g/mol. The zero-order chi connectivity index (χ0) is 16.5. The summed E-state index contributed by atoms with van der Waals surface area (Å²) in [5, 5.41) is 4.44. The van der Waals surface area contributed by atoms with E-state index in [1.54, 1.807) is 0 Å². The molecule has 6 nitrogen and oxygen atoms in total. The van der Waals surface area contributed by atoms with Crippen LogP contribution in [0.1, 0.15) is 38.2 Å². The molecule has 1 atom stereocenters. The van der Waals surface area contributed by atoms with Gasteiger partial charge in [-0.25, -0.2) is 5.06 Å². The van der Waals surface area contributed by atoms with Crippen LogP contribution in [-0.4, -0.2) is 36.3 Å². The zero-order valence-corrected chi connectivity index (χ0v) is 13.5. The summed E-state index contributed by atoms with van der Waals surface area (Å²) in [6.45, 7) is 2.98. The van der Waals surface area contributed by atoms with Gasteiger partial charge in [-0.05, 0) is 12.0 Å². The Morgan fingerprint density at radius 2 is 2.13 bits per heavy atom. The lowest BCUT2D eigenvalue weighted by Crippen LogP contribution is -2.35. The van der Waals surface area contributed by atoms with E-state index in [2.05, 4.69) is 5.32 Å². The fourth-order valence-electron chi connectivity index (χ4n) is 2.30. The number of carbonyl (C=O) groups is 2. The summed E-state index contributed by atoms with van der Waals surface area (Å²) in [6.07, 6.45) is 2.59. The third kappa shape index (κ3) is 6.00. The molecule has 1 aliphatic rings. The summed E-state index contributed by atoms with van der Waals surface area (Å²) < 4.78 is 5.09. The third-order valence-corrected chi connectivity index (χ3v) is 3.65. The largest absolute Gasteiger partial charge is 0.450 e. The predicted octanol–water partition coefficient (Wildman–Crippen LogP) is 2.00. The summed E-state index contributed by atoms with van der Waals surface area (Å²) >= 11 is 0. The van der Waals surface area contributed by atoms with Crippen molar-refractivity contribution in [3.05, 3.63) is 35.9 Å². The van der Waals surface area contributed by atoms with Gasteiger partial charge in [0.05, 0.1) is 6.54 Å². The smallest absolute Gasteiger partial charge is 0.307 e. The molecule has 0 spiro atoms. The number of hydrogen-bond acceptors (Lipinski definition) is 5. The number of ether oxygens (including phenoxy) is 1. The Morgan fingerprint density at radius 1 is 1.35 bits per heavy atom. The van der Waals surface area contributed by atoms with Crippen LogP contribution in [0.15, 0.2) is 30.3 Å². The summed E-state index contributed by atoms with van der Waals surface area (Å²) in [5.74, 6) is -0.267. The van der Waals surface area contributed by atoms with Crippen molar-refractivity contribution in [3.63, 3.8) is 0 Å². The first-order valence-corrected chi connectivity index (χ1v) is 8.05. The highest BCUT2D eigenvalue weighted by Crippen LogP contribution is 2.13. The van der Waals surface area contributed by atoms with Crippen molar-refractivity contribution in [2.75, 3.05) is 13.3 Å². The highest BCUT2D eigenvalue weighted by Gasteiger charge is 2.30. The lowest BCUT2D eigenvalue weighted by Gasteiger charge is -2.16. The van der Waals surface area contributed by atoms with E-state index in [0.29, 0.717) is 26.0 Å². The van der Waals surface area contributed by atoms with Gasteiger partial charge in [-0.1, -0.05) is 43.7 Å². The number of carbonyl (C=O) groups excluding carboxylic acids is 2. The minimum absolute atomic E-state index is 0.0581. The van der Waals surface area contributed by atoms with Gasteiger partial charge in [0, 0.05) is 18.9 Å². The van der Waals surface area contributed by atoms with Gasteiger partial charge < -0.3 is 4.74 Å². The van der Waals surface area contributed by atoms with E-state index >= 15 is 0 Å². The molecule has 1 aromatic rings. The van der Waals surface area contributed by atoms with E-state index in [9.17, 15) is 9.59 Å². The van der Waals surface area contributed by atoms with Gasteiger partial charge in [-0.3, -0.25) is 19.7 Å². The van der Waals surface area contributed by atoms with Gasteiger partial charge in [0.1, 0.15) is 13.3 Å². The molecular formula is C17H24N2O4. The molecule has 6 heteroatoms. The quantitative estimate of drug-likeness (QED) is 0.557. The van der Waals surface area contributed by atoms with Crippen LogP contribution in [0, 0.1) is 0 Å². The van der Waals surface area contributed by atoms with Gasteiger partial charge in [-0.15, -0.1) is 0 Å². The SMILES string of the molecule is CCCCC(=O)OCNC1CC(=O)N(OCc2ccccc2)C1. The average Bonchev–Trinajstić information content (AvgIpc) is 2.92. The molecule has 1 aromatic carbocycles. The molecule has 1 unspecified atom stereocenters. The molecule has 0 bridgehead atoms. The predicted molar refractivity (Wildman–Crippen MR) is 85.0 cm³/mol. The van der Waals surface area contributed by atoms with Gasteiger partial charge >= 0.3 is 5.97 Å². The molecule has 0 radical (unpaired) electrons. The van der Waals surface area contributed by atoms with Crippen molar-refractivity contribution >= 4 is 11.9 Å². The topological polar surface area (TPSA) is 67.9 Å². The lowest BCUT2D eigenvalue weighted by molar-refractivity contribution is -0.182. The first kappa shape index (κ1) is 17.4. The molecule has 1 fully saturated rings. The zero-order valence-electron chi connectivity index (χ0n) is 13.5. The normalized spacial score (nSPS) is 17.5. The number of rotatable bonds is 9. The molecule has 1 aliphatic heterocycles. The van der Waals surface area contributed by atoms with Crippen LogP contribution < -0.4 is 5.32 Å². The van der Waals surface area contributed by atoms with Gasteiger partial charge in [-0.2, -0.15) is 0 Å². The maximum Gasteiger partial charge on any atom is 0.307 e. The van der Waals surface area contributed by atoms with E-state index in [-0.39, 0.29) is 24.6 Å². The fraction of sp³-hybridized carbons (Fsp3) is 0.529. The summed E-state index contributed by atoms with van der Waals surface area (Å²) in [6, 6.07) is 9.64. The van der Waals surface area contributed by atoms with E-state index in [0.717, 1.165) is 18.4 Å². The molecule has 1 heterocycles. The highest BCUT2D eigenvalue weighted by molar-refractivity contribution is 5.78. The Kier molecular flexibility index (Phi) is 7.03. The molecule has 23 heavy (non-hydrogen) atoms. The van der Waals surface area contributed by atoms with Crippen LogP contribution >= 0.6 is 0 Å². The van der Waals surface area contributed by atoms with Crippen LogP contribution in [0.3, 0.4) is 0 Å². The number of esters is 1. The van der Waals surface area contributed by atoms with Crippen molar-refractivity contribution in [2.24, 2.45) is 0 Å². The maximum atomic E-state index is 11.9. The van der Waals surface area contributed by atoms with Crippen molar-refractivity contribution in [1.82, 2.24) is 10.4 Å². The summed E-state index contributed by atoms with van der Waals surface area (Å²) in [5.41, 5.74) is 1.02. The molecule has 1 saturated heterocycles. The minimum atomic E-state index is -0.208. The van der Waals surface area contributed by atoms with Crippen molar-refractivity contribution in [2.45, 2.75) is 45.3 Å². The van der Waals surface area contributed by atoms with Gasteiger partial charge in [0.2, 0.25) is 5.91 Å². The molecule has 0 saturated carbocycles. The minimum Gasteiger partial charge on any atom is -0.450 e. The molecule has 0 aromatic heterocycles. The van der Waals surface area contributed by atoms with Crippen LogP contribution in [0.25, 0.3) is 0 Å². The van der Waals surface area contributed by atoms with Crippen LogP contribution in [0.5, 0.6) is 0 Å². The molecule has 2 rings (SSSR count). The molecule has 1 N–H and O–H groups in total. The standard InChI is InChI=1S/C17H24N2O4/c1-2-3-9-17(21)22-13-18-15-10-16(20)19(11-15)23-12-14-7-5-4-6-8-14/h4-8,15,18H,2-3,9-13H2,1H3. The van der Waals surface area contributed by atoms with E-state index < -0.39 is 0 Å². The first-order valence-electron chi connectivity index (χ1n) is 8.05. The Bertz CT molecular complexity index is 507. The van der Waals surface area contributed by atoms with Gasteiger partial charge in [0.25, 0.3) is 0 Å². The van der Waals surface area contributed by atoms with Crippen LogP contribution in [0.4, 0.5) is 0 Å². The Balaban J connectivity index is 1.65. The van der Waals surface area contributed by atoms with Crippen LogP contribution in [0.2, 0.25) is 0 Å². The van der Waals surface area contributed by atoms with E-state index in [4.69, 9.17) is 9.57 Å². The molecule has 126 valence electrons. The fourth-order valence-corrected chi connectivity index (χ4v) is 2.30. The molecule has 0 aliphatic carbocycles. The highest BCUT2D eigenvalue weighted by atomic mass is 16.7. The average molecular weight is 320 g/mol. The van der Waals surface area contributed by atoms with Crippen molar-refractivity contribution in [3.8, 4) is 0 Å². The summed E-state index contributed by atoms with van der Waals surface area (Å²) in [4.78, 5) is 28.8. The number of amides is 1. The number of hydrogen-bond donors (Lipinski definition) is 1. The van der Waals surface area contributed by atoms with Crippen LogP contribution in [-0.2, 0) is 25.8 Å².